The van der Waals surface area contributed by atoms with Crippen molar-refractivity contribution in [2.45, 2.75) is 19.8 Å². The molecule has 2 N–H and O–H groups in total. The van der Waals surface area contributed by atoms with Gasteiger partial charge in [-0.3, -0.25) is 9.59 Å². The molecule has 3 aromatic rings. The number of carbonyl (C=O) groups excluding carboxylic acids is 2. The van der Waals surface area contributed by atoms with Crippen molar-refractivity contribution < 1.29 is 9.59 Å². The maximum Gasteiger partial charge on any atom is 0.258 e. The van der Waals surface area contributed by atoms with Gasteiger partial charge in [0.05, 0.1) is 17.0 Å². The van der Waals surface area contributed by atoms with Crippen LogP contribution in [-0.2, 0) is 9.59 Å². The molecule has 36 heavy (non-hydrogen) atoms. The van der Waals surface area contributed by atoms with Gasteiger partial charge in [-0.05, 0) is 62.5 Å². The number of halogens is 1. The quantitative estimate of drug-likeness (QED) is 0.354. The molecule has 1 aliphatic heterocycles. The van der Waals surface area contributed by atoms with Crippen molar-refractivity contribution >= 4 is 51.7 Å². The van der Waals surface area contributed by atoms with Crippen molar-refractivity contribution in [2.75, 3.05) is 42.7 Å². The van der Waals surface area contributed by atoms with Crippen molar-refractivity contribution in [1.82, 2.24) is 4.90 Å². The number of amides is 2. The van der Waals surface area contributed by atoms with Crippen molar-refractivity contribution in [3.8, 4) is 0 Å². The summed E-state index contributed by atoms with van der Waals surface area (Å²) in [7, 11) is 4.00. The van der Waals surface area contributed by atoms with Crippen LogP contribution in [0.5, 0.6) is 0 Å². The number of benzene rings is 3. The summed E-state index contributed by atoms with van der Waals surface area (Å²) in [6.07, 6.45) is 1.32. The molecule has 0 atom stereocenters. The van der Waals surface area contributed by atoms with Gasteiger partial charge in [0, 0.05) is 41.5 Å². The van der Waals surface area contributed by atoms with Gasteiger partial charge >= 0.3 is 0 Å². The zero-order valence-corrected chi connectivity index (χ0v) is 21.6. The van der Waals surface area contributed by atoms with E-state index in [0.29, 0.717) is 34.9 Å². The second-order valence-electron chi connectivity index (χ2n) is 9.03. The molecule has 3 aromatic carbocycles. The molecule has 0 fully saturated rings. The van der Waals surface area contributed by atoms with Gasteiger partial charge in [0.1, 0.15) is 0 Å². The van der Waals surface area contributed by atoms with Crippen LogP contribution in [0.25, 0.3) is 11.3 Å². The van der Waals surface area contributed by atoms with Crippen LogP contribution in [0.4, 0.5) is 17.1 Å². The summed E-state index contributed by atoms with van der Waals surface area (Å²) in [6, 6.07) is 22.9. The molecule has 0 saturated heterocycles. The lowest BCUT2D eigenvalue weighted by Crippen LogP contribution is -2.36. The van der Waals surface area contributed by atoms with Gasteiger partial charge in [0.15, 0.2) is 0 Å². The number of hydrogen-bond acceptors (Lipinski definition) is 4. The van der Waals surface area contributed by atoms with Gasteiger partial charge < -0.3 is 20.4 Å². The fraction of sp³-hybridized carbons (Fsp3) is 0.241. The number of fused-ring (bicyclic) bond motifs is 1. The number of anilines is 3. The van der Waals surface area contributed by atoms with Crippen LogP contribution in [-0.4, -0.2) is 43.9 Å². The molecule has 0 spiro atoms. The van der Waals surface area contributed by atoms with Crippen LogP contribution in [0.15, 0.2) is 72.8 Å². The van der Waals surface area contributed by atoms with E-state index >= 15 is 0 Å². The molecule has 186 valence electrons. The average Bonchev–Trinajstić information content (AvgIpc) is 3.18. The lowest BCUT2D eigenvalue weighted by molar-refractivity contribution is -0.118. The van der Waals surface area contributed by atoms with Crippen LogP contribution in [0.2, 0.25) is 5.02 Å². The molecule has 6 nitrogen and oxygen atoms in total. The summed E-state index contributed by atoms with van der Waals surface area (Å²) in [4.78, 5) is 29.7. The highest BCUT2D eigenvalue weighted by Crippen LogP contribution is 2.38. The smallest absolute Gasteiger partial charge is 0.258 e. The minimum atomic E-state index is -0.185. The summed E-state index contributed by atoms with van der Waals surface area (Å²) >= 11 is 6.15. The van der Waals surface area contributed by atoms with Gasteiger partial charge in [-0.2, -0.15) is 0 Å². The third-order valence-corrected chi connectivity index (χ3v) is 6.26. The van der Waals surface area contributed by atoms with Gasteiger partial charge in [-0.1, -0.05) is 54.9 Å². The molecule has 0 unspecified atom stereocenters. The molecule has 7 heteroatoms. The molecule has 0 bridgehead atoms. The van der Waals surface area contributed by atoms with Crippen molar-refractivity contribution in [2.24, 2.45) is 0 Å². The highest BCUT2D eigenvalue weighted by atomic mass is 35.5. The van der Waals surface area contributed by atoms with Crippen LogP contribution >= 0.6 is 11.6 Å². The summed E-state index contributed by atoms with van der Waals surface area (Å²) in [6.45, 7) is 3.41. The Morgan fingerprint density at radius 2 is 1.69 bits per heavy atom. The normalized spacial score (nSPS) is 13.9. The van der Waals surface area contributed by atoms with Crippen LogP contribution in [0, 0.1) is 0 Å². The molecule has 2 amide bonds. The zero-order valence-electron chi connectivity index (χ0n) is 20.8. The van der Waals surface area contributed by atoms with E-state index in [9.17, 15) is 9.59 Å². The Morgan fingerprint density at radius 1 is 0.972 bits per heavy atom. The number of rotatable bonds is 9. The van der Waals surface area contributed by atoms with E-state index in [2.05, 4.69) is 15.5 Å². The largest absolute Gasteiger partial charge is 0.354 e. The number of nitrogens with one attached hydrogen (secondary N) is 2. The maximum atomic E-state index is 13.1. The fourth-order valence-corrected chi connectivity index (χ4v) is 4.36. The van der Waals surface area contributed by atoms with Crippen molar-refractivity contribution in [3.63, 3.8) is 0 Å². The molecule has 4 rings (SSSR count). The Morgan fingerprint density at radius 3 is 2.36 bits per heavy atom. The number of nitrogens with zero attached hydrogens (tertiary/aromatic N) is 2. The third kappa shape index (κ3) is 5.78. The second kappa shape index (κ2) is 11.4. The van der Waals surface area contributed by atoms with Crippen LogP contribution < -0.4 is 15.5 Å². The van der Waals surface area contributed by atoms with Crippen LogP contribution in [0.3, 0.4) is 0 Å². The van der Waals surface area contributed by atoms with Gasteiger partial charge in [-0.25, -0.2) is 0 Å². The number of likely N-dealkylation sites (N-methyl/N-ethyl adjacent to an activating group) is 1. The highest BCUT2D eigenvalue weighted by molar-refractivity contribution is 6.38. The predicted molar refractivity (Wildman–Crippen MR) is 149 cm³/mol. The first-order valence-electron chi connectivity index (χ1n) is 12.1. The molecule has 0 radical (unpaired) electrons. The van der Waals surface area contributed by atoms with Crippen molar-refractivity contribution in [3.05, 3.63) is 88.9 Å². The molecule has 0 aliphatic carbocycles. The van der Waals surface area contributed by atoms with E-state index in [1.165, 1.54) is 0 Å². The summed E-state index contributed by atoms with van der Waals surface area (Å²) < 4.78 is 0. The topological polar surface area (TPSA) is 64.7 Å². The number of carbonyl (C=O) groups is 2. The summed E-state index contributed by atoms with van der Waals surface area (Å²) in [5, 5.41) is 6.96. The lowest BCUT2D eigenvalue weighted by atomic mass is 10.00. The minimum absolute atomic E-state index is 0.116. The SMILES string of the molecule is CCCC(=O)N(CCN(C)C)c1ccc(NC(=C2C(=O)Nc3cc(Cl)ccc32)c2ccccc2)cc1. The molecule has 0 aromatic heterocycles. The van der Waals surface area contributed by atoms with Crippen molar-refractivity contribution in [1.29, 1.82) is 0 Å². The first-order valence-corrected chi connectivity index (χ1v) is 12.5. The molecule has 0 saturated carbocycles. The lowest BCUT2D eigenvalue weighted by Gasteiger charge is -2.25. The highest BCUT2D eigenvalue weighted by Gasteiger charge is 2.28. The fourth-order valence-electron chi connectivity index (χ4n) is 4.19. The van der Waals surface area contributed by atoms with Crippen LogP contribution in [0.1, 0.15) is 30.9 Å². The zero-order chi connectivity index (χ0) is 25.7. The third-order valence-electron chi connectivity index (χ3n) is 6.02. The predicted octanol–water partition coefficient (Wildman–Crippen LogP) is 5.97. The molecule has 1 aliphatic rings. The summed E-state index contributed by atoms with van der Waals surface area (Å²) in [5.74, 6) is -0.0692. The molecule has 1 heterocycles. The summed E-state index contributed by atoms with van der Waals surface area (Å²) in [5.41, 5.74) is 5.31. The number of hydrogen-bond donors (Lipinski definition) is 2. The Bertz CT molecular complexity index is 1270. The average molecular weight is 503 g/mol. The van der Waals surface area contributed by atoms with E-state index in [1.807, 2.05) is 86.6 Å². The van der Waals surface area contributed by atoms with E-state index in [0.717, 1.165) is 35.5 Å². The first kappa shape index (κ1) is 25.5. The second-order valence-corrected chi connectivity index (χ2v) is 9.47. The van der Waals surface area contributed by atoms with E-state index in [-0.39, 0.29) is 11.8 Å². The monoisotopic (exact) mass is 502 g/mol. The van der Waals surface area contributed by atoms with E-state index in [4.69, 9.17) is 11.6 Å². The van der Waals surface area contributed by atoms with E-state index < -0.39 is 0 Å². The molecular formula is C29H31ClN4O2. The standard InChI is InChI=1S/C29H31ClN4O2/c1-4-8-26(35)34(18-17-33(2)3)23-14-12-22(13-15-23)31-28(20-9-6-5-7-10-20)27-24-16-11-21(30)19-25(24)32-29(27)36/h5-7,9-16,19,31H,4,8,17-18H2,1-3H3,(H,32,36). The van der Waals surface area contributed by atoms with Gasteiger partial charge in [0.25, 0.3) is 5.91 Å². The first-order chi connectivity index (χ1) is 17.4. The Balaban J connectivity index is 1.69. The van der Waals surface area contributed by atoms with E-state index in [1.54, 1.807) is 12.1 Å². The maximum absolute atomic E-state index is 13.1. The molecular weight excluding hydrogens is 472 g/mol. The Labute approximate surface area is 217 Å². The Hall–Kier alpha value is -3.61. The Kier molecular flexibility index (Phi) is 8.08. The van der Waals surface area contributed by atoms with Gasteiger partial charge in [-0.15, -0.1) is 0 Å². The van der Waals surface area contributed by atoms with Gasteiger partial charge in [0.2, 0.25) is 5.91 Å². The minimum Gasteiger partial charge on any atom is -0.354 e.